The third kappa shape index (κ3) is 3.87. The molecule has 0 unspecified atom stereocenters. The molecule has 0 amide bonds. The molecule has 0 aromatic heterocycles. The molecule has 0 aliphatic heterocycles. The molecule has 1 rings (SSSR count). The van der Waals surface area contributed by atoms with Crippen LogP contribution in [-0.2, 0) is 9.53 Å². The van der Waals surface area contributed by atoms with Crippen molar-refractivity contribution < 1.29 is 13.9 Å². The highest BCUT2D eigenvalue weighted by molar-refractivity contribution is 9.10. The average Bonchev–Trinajstić information content (AvgIpc) is 2.33. The minimum atomic E-state index is -0.797. The normalized spacial score (nSPS) is 10.7. The van der Waals surface area contributed by atoms with E-state index in [-0.39, 0.29) is 17.9 Å². The fraction of sp³-hybridized carbons (Fsp3) is 0.182. The van der Waals surface area contributed by atoms with Crippen LogP contribution in [0, 0.1) is 5.82 Å². The van der Waals surface area contributed by atoms with Crippen molar-refractivity contribution in [2.75, 3.05) is 6.61 Å². The third-order valence-electron chi connectivity index (χ3n) is 1.89. The Kier molecular flexibility index (Phi) is 5.35. The standard InChI is InChI=1S/C11H9BrFN3O2/c1-2-18-11(17)10(15-16-14)6-7-5-8(12)3-4-9(7)13/h3-6H,2H2,1H3/b10-6-. The molecule has 1 aromatic rings. The number of hydrogen-bond acceptors (Lipinski definition) is 3. The number of nitrogens with zero attached hydrogens (tertiary/aromatic N) is 3. The Balaban J connectivity index is 3.19. The van der Waals surface area contributed by atoms with Gasteiger partial charge in [-0.15, -0.1) is 0 Å². The van der Waals surface area contributed by atoms with Crippen molar-refractivity contribution in [3.05, 3.63) is 50.2 Å². The van der Waals surface area contributed by atoms with Crippen LogP contribution in [0.1, 0.15) is 12.5 Å². The zero-order valence-corrected chi connectivity index (χ0v) is 11.0. The molecule has 0 saturated carbocycles. The van der Waals surface area contributed by atoms with E-state index in [1.165, 1.54) is 18.2 Å². The van der Waals surface area contributed by atoms with Gasteiger partial charge in [0.05, 0.1) is 6.61 Å². The molecule has 0 heterocycles. The van der Waals surface area contributed by atoms with Crippen LogP contribution in [0.2, 0.25) is 0 Å². The van der Waals surface area contributed by atoms with Crippen LogP contribution >= 0.6 is 15.9 Å². The van der Waals surface area contributed by atoms with E-state index in [0.717, 1.165) is 6.08 Å². The molecule has 0 spiro atoms. The number of benzene rings is 1. The quantitative estimate of drug-likeness (QED) is 0.279. The van der Waals surface area contributed by atoms with Crippen molar-refractivity contribution >= 4 is 28.0 Å². The van der Waals surface area contributed by atoms with Gasteiger partial charge in [0, 0.05) is 14.9 Å². The summed E-state index contributed by atoms with van der Waals surface area (Å²) >= 11 is 3.18. The first kappa shape index (κ1) is 14.2. The van der Waals surface area contributed by atoms with Gasteiger partial charge < -0.3 is 4.74 Å². The van der Waals surface area contributed by atoms with Crippen LogP contribution in [0.4, 0.5) is 4.39 Å². The van der Waals surface area contributed by atoms with Gasteiger partial charge in [-0.2, -0.15) is 0 Å². The zero-order valence-electron chi connectivity index (χ0n) is 9.43. The molecule has 1 aromatic carbocycles. The number of ether oxygens (including phenoxy) is 1. The Morgan fingerprint density at radius 1 is 1.67 bits per heavy atom. The number of hydrogen-bond donors (Lipinski definition) is 0. The van der Waals surface area contributed by atoms with Crippen LogP contribution < -0.4 is 0 Å². The Morgan fingerprint density at radius 3 is 3.00 bits per heavy atom. The maximum absolute atomic E-state index is 13.5. The molecule has 0 aliphatic rings. The number of rotatable bonds is 4. The van der Waals surface area contributed by atoms with Gasteiger partial charge in [-0.3, -0.25) is 0 Å². The number of halogens is 2. The van der Waals surface area contributed by atoms with Crippen molar-refractivity contribution in [2.24, 2.45) is 5.11 Å². The second-order valence-electron chi connectivity index (χ2n) is 3.11. The molecule has 5 nitrogen and oxygen atoms in total. The van der Waals surface area contributed by atoms with Crippen molar-refractivity contribution in [1.82, 2.24) is 0 Å². The Bertz CT molecular complexity index is 539. The number of carbonyl (C=O) groups excluding carboxylic acids is 1. The highest BCUT2D eigenvalue weighted by Gasteiger charge is 2.10. The lowest BCUT2D eigenvalue weighted by Gasteiger charge is -2.02. The summed E-state index contributed by atoms with van der Waals surface area (Å²) in [5.74, 6) is -1.33. The SMILES string of the molecule is CCOC(=O)/C(=C/c1cc(Br)ccc1F)N=[N+]=[N-]. The second-order valence-corrected chi connectivity index (χ2v) is 4.02. The predicted octanol–water partition coefficient (Wildman–Crippen LogP) is 3.80. The van der Waals surface area contributed by atoms with Gasteiger partial charge in [-0.05, 0) is 36.7 Å². The first-order valence-electron chi connectivity index (χ1n) is 4.97. The Hall–Kier alpha value is -1.85. The van der Waals surface area contributed by atoms with E-state index in [9.17, 15) is 9.18 Å². The monoisotopic (exact) mass is 313 g/mol. The van der Waals surface area contributed by atoms with Gasteiger partial charge in [-0.1, -0.05) is 21.0 Å². The number of esters is 1. The summed E-state index contributed by atoms with van der Waals surface area (Å²) < 4.78 is 18.8. The summed E-state index contributed by atoms with van der Waals surface area (Å²) in [6.07, 6.45) is 1.14. The zero-order chi connectivity index (χ0) is 13.5. The molecule has 0 bridgehead atoms. The van der Waals surface area contributed by atoms with E-state index in [1.54, 1.807) is 6.92 Å². The Morgan fingerprint density at radius 2 is 2.39 bits per heavy atom. The van der Waals surface area contributed by atoms with Crippen molar-refractivity contribution in [1.29, 1.82) is 0 Å². The lowest BCUT2D eigenvalue weighted by Crippen LogP contribution is -2.05. The maximum Gasteiger partial charge on any atom is 0.340 e. The van der Waals surface area contributed by atoms with Gasteiger partial charge in [0.2, 0.25) is 0 Å². The third-order valence-corrected chi connectivity index (χ3v) is 2.38. The molecule has 18 heavy (non-hydrogen) atoms. The van der Waals surface area contributed by atoms with Crippen LogP contribution in [0.25, 0.3) is 16.5 Å². The topological polar surface area (TPSA) is 75.1 Å². The van der Waals surface area contributed by atoms with Gasteiger partial charge >= 0.3 is 5.97 Å². The van der Waals surface area contributed by atoms with Crippen molar-refractivity contribution in [3.63, 3.8) is 0 Å². The first-order chi connectivity index (χ1) is 8.58. The maximum atomic E-state index is 13.5. The molecule has 0 N–H and O–H groups in total. The van der Waals surface area contributed by atoms with Gasteiger partial charge in [-0.25, -0.2) is 9.18 Å². The summed E-state index contributed by atoms with van der Waals surface area (Å²) in [5.41, 5.74) is 8.19. The Labute approximate surface area is 111 Å². The minimum absolute atomic E-state index is 0.125. The van der Waals surface area contributed by atoms with E-state index in [2.05, 4.69) is 26.0 Å². The average molecular weight is 314 g/mol. The van der Waals surface area contributed by atoms with Crippen molar-refractivity contribution in [2.45, 2.75) is 6.92 Å². The van der Waals surface area contributed by atoms with Gasteiger partial charge in [0.1, 0.15) is 11.5 Å². The van der Waals surface area contributed by atoms with Crippen LogP contribution in [0.3, 0.4) is 0 Å². The summed E-state index contributed by atoms with van der Waals surface area (Å²) in [6.45, 7) is 1.75. The van der Waals surface area contributed by atoms with Crippen LogP contribution in [-0.4, -0.2) is 12.6 Å². The molecule has 0 aliphatic carbocycles. The molecule has 0 saturated heterocycles. The minimum Gasteiger partial charge on any atom is -0.462 e. The molecule has 0 radical (unpaired) electrons. The fourth-order valence-corrected chi connectivity index (χ4v) is 1.53. The van der Waals surface area contributed by atoms with E-state index in [0.29, 0.717) is 4.47 Å². The highest BCUT2D eigenvalue weighted by Crippen LogP contribution is 2.19. The van der Waals surface area contributed by atoms with E-state index in [1.807, 2.05) is 0 Å². The van der Waals surface area contributed by atoms with E-state index < -0.39 is 11.8 Å². The fourth-order valence-electron chi connectivity index (χ4n) is 1.15. The van der Waals surface area contributed by atoms with Crippen LogP contribution in [0.15, 0.2) is 33.5 Å². The molecular formula is C11H9BrFN3O2. The first-order valence-corrected chi connectivity index (χ1v) is 5.76. The van der Waals surface area contributed by atoms with E-state index in [4.69, 9.17) is 10.3 Å². The largest absolute Gasteiger partial charge is 0.462 e. The van der Waals surface area contributed by atoms with Gasteiger partial charge in [0.25, 0.3) is 0 Å². The summed E-state index contributed by atoms with van der Waals surface area (Å²) in [4.78, 5) is 14.0. The highest BCUT2D eigenvalue weighted by atomic mass is 79.9. The summed E-state index contributed by atoms with van der Waals surface area (Å²) in [6, 6.07) is 4.21. The lowest BCUT2D eigenvalue weighted by molar-refractivity contribution is -0.138. The molecule has 0 atom stereocenters. The molecule has 94 valence electrons. The van der Waals surface area contributed by atoms with Crippen LogP contribution in [0.5, 0.6) is 0 Å². The predicted molar refractivity (Wildman–Crippen MR) is 67.9 cm³/mol. The van der Waals surface area contributed by atoms with Gasteiger partial charge in [0.15, 0.2) is 0 Å². The summed E-state index contributed by atoms with van der Waals surface area (Å²) in [5, 5.41) is 3.19. The molecular weight excluding hydrogens is 305 g/mol. The molecule has 0 fully saturated rings. The summed E-state index contributed by atoms with van der Waals surface area (Å²) in [7, 11) is 0. The van der Waals surface area contributed by atoms with Crippen molar-refractivity contribution in [3.8, 4) is 0 Å². The molecule has 7 heteroatoms. The van der Waals surface area contributed by atoms with E-state index >= 15 is 0 Å². The number of azide groups is 1. The number of carbonyl (C=O) groups is 1. The smallest absolute Gasteiger partial charge is 0.340 e. The lowest BCUT2D eigenvalue weighted by atomic mass is 10.2. The second kappa shape index (κ2) is 6.78.